The Morgan fingerprint density at radius 1 is 1.09 bits per heavy atom. The third kappa shape index (κ3) is 4.34. The Balaban J connectivity index is 1.99. The zero-order chi connectivity index (χ0) is 15.8. The predicted molar refractivity (Wildman–Crippen MR) is 83.0 cm³/mol. The van der Waals surface area contributed by atoms with E-state index in [9.17, 15) is 4.79 Å². The van der Waals surface area contributed by atoms with Crippen molar-refractivity contribution in [1.82, 2.24) is 0 Å². The molecule has 1 N–H and O–H groups in total. The van der Waals surface area contributed by atoms with E-state index in [1.54, 1.807) is 48.5 Å². The second-order valence-corrected chi connectivity index (χ2v) is 4.58. The van der Waals surface area contributed by atoms with E-state index in [1.165, 1.54) is 6.21 Å². The number of hydrogen-bond donors (Lipinski definition) is 1. The lowest BCUT2D eigenvalue weighted by Crippen LogP contribution is -2.08. The van der Waals surface area contributed by atoms with Crippen LogP contribution in [0.2, 0.25) is 0 Å². The molecule has 0 saturated heterocycles. The number of nitrogens with zero attached hydrogens (tertiary/aromatic N) is 1. The number of esters is 1. The van der Waals surface area contributed by atoms with Crippen molar-refractivity contribution in [3.05, 3.63) is 59.7 Å². The first-order valence-electron chi connectivity index (χ1n) is 6.95. The van der Waals surface area contributed by atoms with Crippen LogP contribution >= 0.6 is 0 Å². The largest absolute Gasteiger partial charge is 0.494 e. The molecule has 0 unspecified atom stereocenters. The van der Waals surface area contributed by atoms with Gasteiger partial charge in [0, 0.05) is 0 Å². The third-order valence-corrected chi connectivity index (χ3v) is 2.86. The fourth-order valence-electron chi connectivity index (χ4n) is 1.76. The Morgan fingerprint density at radius 3 is 2.32 bits per heavy atom. The number of carbonyl (C=O) groups is 1. The first kappa shape index (κ1) is 15.6. The molecule has 114 valence electrons. The molecule has 0 aromatic heterocycles. The molecule has 0 aliphatic carbocycles. The summed E-state index contributed by atoms with van der Waals surface area (Å²) in [5, 5.41) is 11.4. The summed E-state index contributed by atoms with van der Waals surface area (Å²) < 4.78 is 10.7. The first-order chi connectivity index (χ1) is 10.7. The molecule has 2 aromatic rings. The molecule has 0 atom stereocenters. The molecule has 0 aliphatic heterocycles. The second kappa shape index (κ2) is 7.83. The van der Waals surface area contributed by atoms with E-state index < -0.39 is 5.97 Å². The Kier molecular flexibility index (Phi) is 5.54. The van der Waals surface area contributed by atoms with Gasteiger partial charge >= 0.3 is 5.97 Å². The third-order valence-electron chi connectivity index (χ3n) is 2.86. The molecule has 5 nitrogen and oxygen atoms in total. The topological polar surface area (TPSA) is 68.1 Å². The Hall–Kier alpha value is -2.82. The van der Waals surface area contributed by atoms with Crippen LogP contribution in [0.4, 0.5) is 0 Å². The monoisotopic (exact) mass is 299 g/mol. The molecule has 0 spiro atoms. The molecule has 2 aromatic carbocycles. The van der Waals surface area contributed by atoms with E-state index in [4.69, 9.17) is 14.7 Å². The van der Waals surface area contributed by atoms with Gasteiger partial charge in [0.1, 0.15) is 11.5 Å². The zero-order valence-corrected chi connectivity index (χ0v) is 12.2. The molecular weight excluding hydrogens is 282 g/mol. The SMILES string of the molecule is CCCOc1ccc(C(=O)Oc2ccc(/C=N/O)cc2)cc1. The van der Waals surface area contributed by atoms with Crippen molar-refractivity contribution in [3.8, 4) is 11.5 Å². The van der Waals surface area contributed by atoms with E-state index in [2.05, 4.69) is 5.16 Å². The maximum Gasteiger partial charge on any atom is 0.343 e. The summed E-state index contributed by atoms with van der Waals surface area (Å²) in [6.07, 6.45) is 2.22. The number of rotatable bonds is 6. The van der Waals surface area contributed by atoms with Crippen molar-refractivity contribution < 1.29 is 19.5 Å². The summed E-state index contributed by atoms with van der Waals surface area (Å²) in [6, 6.07) is 13.5. The van der Waals surface area contributed by atoms with Gasteiger partial charge in [0.25, 0.3) is 0 Å². The molecule has 5 heteroatoms. The highest BCUT2D eigenvalue weighted by Crippen LogP contribution is 2.16. The standard InChI is InChI=1S/C17H17NO4/c1-2-11-21-15-9-5-14(6-10-15)17(19)22-16-7-3-13(4-8-16)12-18-20/h3-10,12,20H,2,11H2,1H3/b18-12+. The summed E-state index contributed by atoms with van der Waals surface area (Å²) in [7, 11) is 0. The molecular formula is C17H17NO4. The van der Waals surface area contributed by atoms with E-state index in [-0.39, 0.29) is 0 Å². The summed E-state index contributed by atoms with van der Waals surface area (Å²) in [6.45, 7) is 2.68. The molecule has 0 bridgehead atoms. The van der Waals surface area contributed by atoms with E-state index in [1.807, 2.05) is 6.92 Å². The van der Waals surface area contributed by atoms with Crippen molar-refractivity contribution in [3.63, 3.8) is 0 Å². The van der Waals surface area contributed by atoms with Crippen LogP contribution in [-0.4, -0.2) is 24.0 Å². The van der Waals surface area contributed by atoms with Gasteiger partial charge in [0.05, 0.1) is 18.4 Å². The molecule has 0 radical (unpaired) electrons. The highest BCUT2D eigenvalue weighted by Gasteiger charge is 2.08. The lowest BCUT2D eigenvalue weighted by Gasteiger charge is -2.07. The quantitative estimate of drug-likeness (QED) is 0.291. The second-order valence-electron chi connectivity index (χ2n) is 4.58. The normalized spacial score (nSPS) is 10.6. The fraction of sp³-hybridized carbons (Fsp3) is 0.176. The molecule has 0 heterocycles. The van der Waals surface area contributed by atoms with E-state index in [0.717, 1.165) is 12.2 Å². The minimum Gasteiger partial charge on any atom is -0.494 e. The van der Waals surface area contributed by atoms with Crippen molar-refractivity contribution in [1.29, 1.82) is 0 Å². The smallest absolute Gasteiger partial charge is 0.343 e. The van der Waals surface area contributed by atoms with Crippen LogP contribution in [0, 0.1) is 0 Å². The van der Waals surface area contributed by atoms with Crippen molar-refractivity contribution in [2.75, 3.05) is 6.61 Å². The van der Waals surface area contributed by atoms with Crippen LogP contribution in [-0.2, 0) is 0 Å². The summed E-state index contributed by atoms with van der Waals surface area (Å²) in [5.41, 5.74) is 1.16. The van der Waals surface area contributed by atoms with Crippen molar-refractivity contribution in [2.45, 2.75) is 13.3 Å². The molecule has 0 fully saturated rings. The Labute approximate surface area is 128 Å². The summed E-state index contributed by atoms with van der Waals surface area (Å²) >= 11 is 0. The van der Waals surface area contributed by atoms with Gasteiger partial charge in [0.2, 0.25) is 0 Å². The van der Waals surface area contributed by atoms with Crippen LogP contribution in [0.15, 0.2) is 53.7 Å². The average Bonchev–Trinajstić information content (AvgIpc) is 2.55. The highest BCUT2D eigenvalue weighted by molar-refractivity contribution is 5.91. The van der Waals surface area contributed by atoms with Crippen LogP contribution in [0.5, 0.6) is 11.5 Å². The highest BCUT2D eigenvalue weighted by atomic mass is 16.5. The predicted octanol–water partition coefficient (Wildman–Crippen LogP) is 3.50. The van der Waals surface area contributed by atoms with Gasteiger partial charge in [-0.25, -0.2) is 4.79 Å². The van der Waals surface area contributed by atoms with Gasteiger partial charge in [-0.1, -0.05) is 12.1 Å². The van der Waals surface area contributed by atoms with Gasteiger partial charge in [-0.2, -0.15) is 0 Å². The lowest BCUT2D eigenvalue weighted by molar-refractivity contribution is 0.0734. The summed E-state index contributed by atoms with van der Waals surface area (Å²) in [4.78, 5) is 12.0. The van der Waals surface area contributed by atoms with Gasteiger partial charge in [-0.15, -0.1) is 0 Å². The number of benzene rings is 2. The Bertz CT molecular complexity index is 633. The lowest BCUT2D eigenvalue weighted by atomic mass is 10.2. The minimum atomic E-state index is -0.439. The van der Waals surface area contributed by atoms with Crippen molar-refractivity contribution >= 4 is 12.2 Å². The van der Waals surface area contributed by atoms with Gasteiger partial charge in [-0.3, -0.25) is 0 Å². The van der Waals surface area contributed by atoms with Crippen LogP contribution in [0.25, 0.3) is 0 Å². The molecule has 0 amide bonds. The van der Waals surface area contributed by atoms with Crippen molar-refractivity contribution in [2.24, 2.45) is 5.16 Å². The number of ether oxygens (including phenoxy) is 2. The van der Waals surface area contributed by atoms with Gasteiger partial charge in [-0.05, 0) is 60.5 Å². The van der Waals surface area contributed by atoms with Gasteiger partial charge < -0.3 is 14.7 Å². The van der Waals surface area contributed by atoms with E-state index in [0.29, 0.717) is 23.5 Å². The maximum atomic E-state index is 12.0. The van der Waals surface area contributed by atoms with Crippen LogP contribution in [0.3, 0.4) is 0 Å². The van der Waals surface area contributed by atoms with E-state index >= 15 is 0 Å². The molecule has 2 rings (SSSR count). The molecule has 0 aliphatic rings. The first-order valence-corrected chi connectivity index (χ1v) is 6.95. The van der Waals surface area contributed by atoms with Crippen LogP contribution < -0.4 is 9.47 Å². The fourth-order valence-corrected chi connectivity index (χ4v) is 1.76. The molecule has 22 heavy (non-hydrogen) atoms. The summed E-state index contributed by atoms with van der Waals surface area (Å²) in [5.74, 6) is 0.711. The van der Waals surface area contributed by atoms with Crippen LogP contribution in [0.1, 0.15) is 29.3 Å². The molecule has 0 saturated carbocycles. The number of oxime groups is 1. The maximum absolute atomic E-state index is 12.0. The minimum absolute atomic E-state index is 0.423. The zero-order valence-electron chi connectivity index (χ0n) is 12.2. The average molecular weight is 299 g/mol. The Morgan fingerprint density at radius 2 is 1.73 bits per heavy atom. The van der Waals surface area contributed by atoms with Gasteiger partial charge in [0.15, 0.2) is 0 Å². The number of carbonyl (C=O) groups excluding carboxylic acids is 1. The number of hydrogen-bond acceptors (Lipinski definition) is 5.